The fourth-order valence-electron chi connectivity index (χ4n) is 1.19. The molecule has 0 aliphatic rings. The Labute approximate surface area is 73.5 Å². The minimum atomic E-state index is -0.753. The van der Waals surface area contributed by atoms with Crippen LogP contribution in [0.3, 0.4) is 0 Å². The Balaban J connectivity index is 4.36. The number of hydrogen-bond donors (Lipinski definition) is 1. The maximum atomic E-state index is 10.6. The fourth-order valence-corrected chi connectivity index (χ4v) is 1.19. The standard InChI is InChI=1S/C9H17NO2/c1-5-8(10-4)6(2)7(3)9(11)12/h6-7H,5H2,1-4H3,(H,11,12). The Morgan fingerprint density at radius 2 is 1.92 bits per heavy atom. The van der Waals surface area contributed by atoms with Gasteiger partial charge in [0.25, 0.3) is 0 Å². The van der Waals surface area contributed by atoms with Crippen molar-refractivity contribution < 1.29 is 9.90 Å². The number of carboxylic acid groups (broad SMARTS) is 1. The summed E-state index contributed by atoms with van der Waals surface area (Å²) in [6.45, 7) is 5.62. The first kappa shape index (κ1) is 11.1. The van der Waals surface area contributed by atoms with Crippen molar-refractivity contribution in [1.29, 1.82) is 0 Å². The van der Waals surface area contributed by atoms with Crippen LogP contribution in [0.4, 0.5) is 0 Å². The number of hydrogen-bond acceptors (Lipinski definition) is 2. The first-order valence-electron chi connectivity index (χ1n) is 4.22. The van der Waals surface area contributed by atoms with Crippen LogP contribution in [0.2, 0.25) is 0 Å². The van der Waals surface area contributed by atoms with Gasteiger partial charge in [-0.2, -0.15) is 0 Å². The molecule has 70 valence electrons. The van der Waals surface area contributed by atoms with Crippen LogP contribution in [0.1, 0.15) is 27.2 Å². The van der Waals surface area contributed by atoms with Crippen LogP contribution in [0, 0.1) is 11.8 Å². The van der Waals surface area contributed by atoms with E-state index in [4.69, 9.17) is 5.11 Å². The third-order valence-corrected chi connectivity index (χ3v) is 2.31. The molecule has 2 unspecified atom stereocenters. The van der Waals surface area contributed by atoms with Gasteiger partial charge in [0.05, 0.1) is 5.92 Å². The molecule has 0 aliphatic heterocycles. The van der Waals surface area contributed by atoms with E-state index in [1.165, 1.54) is 0 Å². The smallest absolute Gasteiger partial charge is 0.306 e. The van der Waals surface area contributed by atoms with Gasteiger partial charge in [0, 0.05) is 18.7 Å². The van der Waals surface area contributed by atoms with Crippen molar-refractivity contribution in [2.45, 2.75) is 27.2 Å². The first-order chi connectivity index (χ1) is 5.54. The van der Waals surface area contributed by atoms with Crippen LogP contribution in [-0.2, 0) is 4.79 Å². The highest BCUT2D eigenvalue weighted by atomic mass is 16.4. The highest BCUT2D eigenvalue weighted by molar-refractivity contribution is 5.89. The highest BCUT2D eigenvalue weighted by Crippen LogP contribution is 2.14. The molecule has 0 rings (SSSR count). The Bertz CT molecular complexity index is 187. The molecule has 0 aromatic rings. The van der Waals surface area contributed by atoms with Gasteiger partial charge < -0.3 is 5.11 Å². The van der Waals surface area contributed by atoms with Crippen LogP contribution >= 0.6 is 0 Å². The summed E-state index contributed by atoms with van der Waals surface area (Å²) in [6.07, 6.45) is 0.829. The van der Waals surface area contributed by atoms with E-state index >= 15 is 0 Å². The van der Waals surface area contributed by atoms with E-state index in [0.29, 0.717) is 0 Å². The van der Waals surface area contributed by atoms with Crippen LogP contribution in [-0.4, -0.2) is 23.8 Å². The van der Waals surface area contributed by atoms with Gasteiger partial charge in [0.15, 0.2) is 0 Å². The van der Waals surface area contributed by atoms with Gasteiger partial charge in [-0.15, -0.1) is 0 Å². The van der Waals surface area contributed by atoms with E-state index in [0.717, 1.165) is 12.1 Å². The number of nitrogens with zero attached hydrogens (tertiary/aromatic N) is 1. The Morgan fingerprint density at radius 3 is 2.17 bits per heavy atom. The molecule has 0 spiro atoms. The number of carbonyl (C=O) groups is 1. The summed E-state index contributed by atoms with van der Waals surface area (Å²) in [7, 11) is 1.71. The van der Waals surface area contributed by atoms with Crippen LogP contribution in [0.25, 0.3) is 0 Å². The quantitative estimate of drug-likeness (QED) is 0.656. The summed E-state index contributed by atoms with van der Waals surface area (Å²) >= 11 is 0. The van der Waals surface area contributed by atoms with Gasteiger partial charge in [-0.1, -0.05) is 20.8 Å². The Hall–Kier alpha value is -0.860. The lowest BCUT2D eigenvalue weighted by Gasteiger charge is -2.16. The summed E-state index contributed by atoms with van der Waals surface area (Å²) in [5.41, 5.74) is 0.977. The Morgan fingerprint density at radius 1 is 1.42 bits per heavy atom. The highest BCUT2D eigenvalue weighted by Gasteiger charge is 2.22. The lowest BCUT2D eigenvalue weighted by Crippen LogP contribution is -2.24. The first-order valence-corrected chi connectivity index (χ1v) is 4.22. The van der Waals surface area contributed by atoms with E-state index in [1.807, 2.05) is 13.8 Å². The molecule has 0 amide bonds. The summed E-state index contributed by atoms with van der Waals surface area (Å²) in [4.78, 5) is 14.7. The van der Waals surface area contributed by atoms with Crippen molar-refractivity contribution in [3.05, 3.63) is 0 Å². The van der Waals surface area contributed by atoms with Crippen molar-refractivity contribution in [2.75, 3.05) is 7.05 Å². The zero-order valence-corrected chi connectivity index (χ0v) is 8.16. The van der Waals surface area contributed by atoms with E-state index < -0.39 is 5.97 Å². The molecule has 0 saturated heterocycles. The fraction of sp³-hybridized carbons (Fsp3) is 0.778. The van der Waals surface area contributed by atoms with Gasteiger partial charge in [0.1, 0.15) is 0 Å². The number of aliphatic imine (C=N–C) groups is 1. The van der Waals surface area contributed by atoms with Crippen molar-refractivity contribution in [1.82, 2.24) is 0 Å². The predicted molar refractivity (Wildman–Crippen MR) is 49.6 cm³/mol. The molecule has 0 radical (unpaired) electrons. The van der Waals surface area contributed by atoms with Gasteiger partial charge >= 0.3 is 5.97 Å². The molecular formula is C9H17NO2. The van der Waals surface area contributed by atoms with Crippen LogP contribution < -0.4 is 0 Å². The van der Waals surface area contributed by atoms with Gasteiger partial charge in [0.2, 0.25) is 0 Å². The van der Waals surface area contributed by atoms with E-state index in [9.17, 15) is 4.79 Å². The minimum Gasteiger partial charge on any atom is -0.481 e. The summed E-state index contributed by atoms with van der Waals surface area (Å²) in [5.74, 6) is -1.06. The zero-order valence-electron chi connectivity index (χ0n) is 8.16. The molecular weight excluding hydrogens is 154 g/mol. The lowest BCUT2D eigenvalue weighted by atomic mass is 9.90. The van der Waals surface area contributed by atoms with Crippen molar-refractivity contribution in [2.24, 2.45) is 16.8 Å². The summed E-state index contributed by atoms with van der Waals surface area (Å²) < 4.78 is 0. The third kappa shape index (κ3) is 2.64. The largest absolute Gasteiger partial charge is 0.481 e. The number of aliphatic carboxylic acids is 1. The molecule has 0 aromatic heterocycles. The van der Waals surface area contributed by atoms with Gasteiger partial charge in [-0.05, 0) is 6.42 Å². The van der Waals surface area contributed by atoms with Crippen molar-refractivity contribution in [3.8, 4) is 0 Å². The maximum absolute atomic E-state index is 10.6. The summed E-state index contributed by atoms with van der Waals surface area (Å²) in [6, 6.07) is 0. The lowest BCUT2D eigenvalue weighted by molar-refractivity contribution is -0.141. The molecule has 1 N–H and O–H groups in total. The average Bonchev–Trinajstić information content (AvgIpc) is 2.05. The molecule has 12 heavy (non-hydrogen) atoms. The molecule has 0 aromatic carbocycles. The average molecular weight is 171 g/mol. The second kappa shape index (κ2) is 4.91. The van der Waals surface area contributed by atoms with Gasteiger partial charge in [-0.25, -0.2) is 0 Å². The molecule has 2 atom stereocenters. The molecule has 0 aliphatic carbocycles. The number of carboxylic acids is 1. The van der Waals surface area contributed by atoms with E-state index in [1.54, 1.807) is 14.0 Å². The topological polar surface area (TPSA) is 49.7 Å². The molecule has 3 heteroatoms. The molecule has 3 nitrogen and oxygen atoms in total. The molecule has 0 bridgehead atoms. The SMILES string of the molecule is CCC(=NC)C(C)C(C)C(=O)O. The van der Waals surface area contributed by atoms with E-state index in [2.05, 4.69) is 4.99 Å². The maximum Gasteiger partial charge on any atom is 0.306 e. The van der Waals surface area contributed by atoms with E-state index in [-0.39, 0.29) is 11.8 Å². The third-order valence-electron chi connectivity index (χ3n) is 2.31. The molecule has 0 heterocycles. The second-order valence-corrected chi connectivity index (χ2v) is 2.98. The zero-order chi connectivity index (χ0) is 9.72. The minimum absolute atomic E-state index is 0.0394. The molecule has 0 saturated carbocycles. The Kier molecular flexibility index (Phi) is 4.55. The van der Waals surface area contributed by atoms with Crippen molar-refractivity contribution >= 4 is 11.7 Å². The second-order valence-electron chi connectivity index (χ2n) is 2.98. The monoisotopic (exact) mass is 171 g/mol. The van der Waals surface area contributed by atoms with Crippen LogP contribution in [0.5, 0.6) is 0 Å². The van der Waals surface area contributed by atoms with Crippen LogP contribution in [0.15, 0.2) is 4.99 Å². The summed E-state index contributed by atoms with van der Waals surface area (Å²) in [5, 5.41) is 8.74. The number of rotatable bonds is 4. The predicted octanol–water partition coefficient (Wildman–Crippen LogP) is 1.82. The van der Waals surface area contributed by atoms with Crippen molar-refractivity contribution in [3.63, 3.8) is 0 Å². The normalized spacial score (nSPS) is 17.2. The van der Waals surface area contributed by atoms with Gasteiger partial charge in [-0.3, -0.25) is 9.79 Å². The molecule has 0 fully saturated rings.